The number of carbonyl (C=O) groups is 4. The van der Waals surface area contributed by atoms with Crippen molar-refractivity contribution in [1.29, 1.82) is 0 Å². The molecule has 2 N–H and O–H groups in total. The van der Waals surface area contributed by atoms with Crippen LogP contribution >= 0.6 is 0 Å². The van der Waals surface area contributed by atoms with Crippen LogP contribution in [0, 0.1) is 0 Å². The molecule has 0 aromatic carbocycles. The van der Waals surface area contributed by atoms with E-state index in [1.807, 2.05) is 9.80 Å². The molecule has 0 aromatic rings. The minimum absolute atomic E-state index is 0.0260. The van der Waals surface area contributed by atoms with Gasteiger partial charge >= 0.3 is 23.9 Å². The van der Waals surface area contributed by atoms with E-state index in [0.717, 1.165) is 0 Å². The van der Waals surface area contributed by atoms with Crippen molar-refractivity contribution in [3.8, 4) is 0 Å². The van der Waals surface area contributed by atoms with Gasteiger partial charge in [0.05, 0.1) is 13.1 Å². The molecule has 0 spiro atoms. The first-order valence-electron chi connectivity index (χ1n) is 11.6. The van der Waals surface area contributed by atoms with Crippen molar-refractivity contribution in [2.24, 2.45) is 0 Å². The average molecular weight is 488 g/mol. The molecule has 0 amide bonds. The number of rotatable bonds is 9. The van der Waals surface area contributed by atoms with Crippen LogP contribution in [0.3, 0.4) is 0 Å². The van der Waals surface area contributed by atoms with Gasteiger partial charge in [-0.2, -0.15) is 0 Å². The number of hydrogen-bond acceptors (Lipinski definition) is 9. The average Bonchev–Trinajstić information content (AvgIpc) is 2.71. The van der Waals surface area contributed by atoms with Crippen LogP contribution < -0.4 is 0 Å². The maximum absolute atomic E-state index is 12.4. The minimum Gasteiger partial charge on any atom is -0.481 e. The Morgan fingerprint density at radius 1 is 0.735 bits per heavy atom. The molecule has 0 aromatic heterocycles. The van der Waals surface area contributed by atoms with Crippen LogP contribution in [0.2, 0.25) is 0 Å². The van der Waals surface area contributed by atoms with Gasteiger partial charge in [-0.05, 0) is 48.0 Å². The summed E-state index contributed by atoms with van der Waals surface area (Å²) in [6.45, 7) is 13.2. The molecule has 11 heteroatoms. The number of esters is 2. The van der Waals surface area contributed by atoms with Gasteiger partial charge in [-0.15, -0.1) is 0 Å². The zero-order chi connectivity index (χ0) is 26.1. The van der Waals surface area contributed by atoms with Crippen molar-refractivity contribution < 1.29 is 38.9 Å². The molecule has 1 aliphatic heterocycles. The van der Waals surface area contributed by atoms with Gasteiger partial charge in [0.2, 0.25) is 0 Å². The first-order chi connectivity index (χ1) is 15.6. The summed E-state index contributed by atoms with van der Waals surface area (Å²) < 4.78 is 10.9. The molecule has 34 heavy (non-hydrogen) atoms. The Hall–Kier alpha value is -2.24. The van der Waals surface area contributed by atoms with Crippen LogP contribution in [0.1, 0.15) is 54.4 Å². The van der Waals surface area contributed by atoms with E-state index in [1.165, 1.54) is 0 Å². The number of hydrogen-bond donors (Lipinski definition) is 2. The highest BCUT2D eigenvalue weighted by molar-refractivity contribution is 5.75. The molecule has 1 fully saturated rings. The Morgan fingerprint density at radius 2 is 1.12 bits per heavy atom. The summed E-state index contributed by atoms with van der Waals surface area (Å²) in [5, 5.41) is 18.8. The van der Waals surface area contributed by atoms with E-state index in [0.29, 0.717) is 39.3 Å². The number of carboxylic acids is 2. The Bertz CT molecular complexity index is 672. The summed E-state index contributed by atoms with van der Waals surface area (Å²) in [7, 11) is 0. The fourth-order valence-electron chi connectivity index (χ4n) is 3.62. The van der Waals surface area contributed by atoms with Crippen LogP contribution in [0.25, 0.3) is 0 Å². The first kappa shape index (κ1) is 29.8. The molecule has 1 aliphatic rings. The van der Waals surface area contributed by atoms with Crippen molar-refractivity contribution in [1.82, 2.24) is 14.7 Å². The number of carbonyl (C=O) groups excluding carboxylic acids is 2. The monoisotopic (exact) mass is 487 g/mol. The van der Waals surface area contributed by atoms with Gasteiger partial charge in [0.15, 0.2) is 0 Å². The summed E-state index contributed by atoms with van der Waals surface area (Å²) in [6, 6.07) is -0.985. The van der Waals surface area contributed by atoms with Crippen molar-refractivity contribution in [2.75, 3.05) is 52.4 Å². The molecule has 1 unspecified atom stereocenters. The van der Waals surface area contributed by atoms with Gasteiger partial charge in [-0.1, -0.05) is 0 Å². The van der Waals surface area contributed by atoms with Gasteiger partial charge in [0, 0.05) is 45.7 Å². The van der Waals surface area contributed by atoms with Crippen LogP contribution in [0.15, 0.2) is 0 Å². The first-order valence-corrected chi connectivity index (χ1v) is 11.6. The fourth-order valence-corrected chi connectivity index (χ4v) is 3.62. The smallest absolute Gasteiger partial charge is 0.320 e. The van der Waals surface area contributed by atoms with E-state index in [9.17, 15) is 24.3 Å². The van der Waals surface area contributed by atoms with Gasteiger partial charge < -0.3 is 19.7 Å². The molecule has 1 heterocycles. The third-order valence-electron chi connectivity index (χ3n) is 5.04. The number of nitrogens with zero attached hydrogens (tertiary/aromatic N) is 3. The van der Waals surface area contributed by atoms with Crippen LogP contribution in [-0.2, 0) is 28.7 Å². The number of carboxylic acid groups (broad SMARTS) is 2. The third-order valence-corrected chi connectivity index (χ3v) is 5.04. The Labute approximate surface area is 202 Å². The predicted octanol–water partition coefficient (Wildman–Crippen LogP) is 0.907. The summed E-state index contributed by atoms with van der Waals surface area (Å²) in [6.07, 6.45) is -0.306. The predicted molar refractivity (Wildman–Crippen MR) is 124 cm³/mol. The van der Waals surface area contributed by atoms with Crippen LogP contribution in [-0.4, -0.2) is 118 Å². The zero-order valence-electron chi connectivity index (χ0n) is 21.3. The number of ether oxygens (including phenoxy) is 2. The standard InChI is InChI=1S/C23H41N3O8/c1-22(2,3)33-19(29)15-24-9-10-25(16-20(30)34-23(4,5)6)12-14-26(13-11-24)17(21(31)32)7-8-18(27)28/h17H,7-16H2,1-6H3,(H,27,28)(H,31,32). The second kappa shape index (κ2) is 13.0. The molecule has 0 bridgehead atoms. The Morgan fingerprint density at radius 3 is 1.44 bits per heavy atom. The molecule has 11 nitrogen and oxygen atoms in total. The lowest BCUT2D eigenvalue weighted by atomic mass is 10.1. The molecule has 0 aliphatic carbocycles. The lowest BCUT2D eigenvalue weighted by molar-refractivity contribution is -0.158. The van der Waals surface area contributed by atoms with Crippen molar-refractivity contribution in [3.63, 3.8) is 0 Å². The van der Waals surface area contributed by atoms with E-state index in [4.69, 9.17) is 14.6 Å². The van der Waals surface area contributed by atoms with E-state index in [2.05, 4.69) is 0 Å². The second-order valence-electron chi connectivity index (χ2n) is 10.5. The molecular formula is C23H41N3O8. The highest BCUT2D eigenvalue weighted by Crippen LogP contribution is 2.13. The topological polar surface area (TPSA) is 137 Å². The summed E-state index contributed by atoms with van der Waals surface area (Å²) in [5.41, 5.74) is -1.26. The van der Waals surface area contributed by atoms with Crippen molar-refractivity contribution >= 4 is 23.9 Å². The van der Waals surface area contributed by atoms with Crippen molar-refractivity contribution in [3.05, 3.63) is 0 Å². The van der Waals surface area contributed by atoms with Crippen LogP contribution in [0.4, 0.5) is 0 Å². The third kappa shape index (κ3) is 12.9. The Balaban J connectivity index is 3.01. The lowest BCUT2D eigenvalue weighted by Crippen LogP contribution is -2.47. The number of aliphatic carboxylic acids is 2. The largest absolute Gasteiger partial charge is 0.481 e. The summed E-state index contributed by atoms with van der Waals surface area (Å²) in [4.78, 5) is 53.2. The quantitative estimate of drug-likeness (QED) is 0.449. The van der Waals surface area contributed by atoms with Crippen molar-refractivity contribution in [2.45, 2.75) is 71.6 Å². The molecule has 0 saturated carbocycles. The fraction of sp³-hybridized carbons (Fsp3) is 0.826. The molecule has 1 atom stereocenters. The Kier molecular flexibility index (Phi) is 11.4. The minimum atomic E-state index is -1.10. The van der Waals surface area contributed by atoms with Gasteiger partial charge in [-0.3, -0.25) is 33.9 Å². The van der Waals surface area contributed by atoms with E-state index >= 15 is 0 Å². The lowest BCUT2D eigenvalue weighted by Gasteiger charge is -2.30. The normalized spacial score (nSPS) is 18.3. The molecule has 1 rings (SSSR count). The molecule has 196 valence electrons. The second-order valence-corrected chi connectivity index (χ2v) is 10.5. The van der Waals surface area contributed by atoms with E-state index < -0.39 is 41.1 Å². The SMILES string of the molecule is CC(C)(C)OC(=O)CN1CCN(CC(=O)OC(C)(C)C)CCN(C(CCC(=O)O)C(=O)O)CC1. The van der Waals surface area contributed by atoms with Gasteiger partial charge in [-0.25, -0.2) is 0 Å². The van der Waals surface area contributed by atoms with E-state index in [1.54, 1.807) is 46.4 Å². The van der Waals surface area contributed by atoms with Gasteiger partial charge in [0.25, 0.3) is 0 Å². The maximum atomic E-state index is 12.4. The summed E-state index contributed by atoms with van der Waals surface area (Å²) in [5.74, 6) is -2.94. The van der Waals surface area contributed by atoms with Crippen LogP contribution in [0.5, 0.6) is 0 Å². The zero-order valence-corrected chi connectivity index (χ0v) is 21.3. The summed E-state index contributed by atoms with van der Waals surface area (Å²) >= 11 is 0. The maximum Gasteiger partial charge on any atom is 0.320 e. The highest BCUT2D eigenvalue weighted by Gasteiger charge is 2.29. The molecule has 0 radical (unpaired) electrons. The molecular weight excluding hydrogens is 446 g/mol. The molecule has 1 saturated heterocycles. The van der Waals surface area contributed by atoms with E-state index in [-0.39, 0.29) is 25.9 Å². The van der Waals surface area contributed by atoms with Gasteiger partial charge in [0.1, 0.15) is 17.2 Å². The highest BCUT2D eigenvalue weighted by atomic mass is 16.6.